The van der Waals surface area contributed by atoms with Crippen LogP contribution in [-0.2, 0) is 0 Å². The maximum Gasteiger partial charge on any atom is 0.336 e. The molecule has 0 aliphatic carbocycles. The summed E-state index contributed by atoms with van der Waals surface area (Å²) < 4.78 is 0.916. The number of aryl methyl sites for hydroxylation is 1. The first-order valence-electron chi connectivity index (χ1n) is 5.89. The zero-order chi connectivity index (χ0) is 14.7. The van der Waals surface area contributed by atoms with Gasteiger partial charge in [0.1, 0.15) is 0 Å². The first-order chi connectivity index (χ1) is 9.49. The first-order valence-corrected chi connectivity index (χ1v) is 6.68. The van der Waals surface area contributed by atoms with Gasteiger partial charge in [-0.1, -0.05) is 28.1 Å². The van der Waals surface area contributed by atoms with Gasteiger partial charge in [0.05, 0.1) is 11.1 Å². The molecule has 0 saturated carbocycles. The second-order valence-corrected chi connectivity index (χ2v) is 5.18. The van der Waals surface area contributed by atoms with Gasteiger partial charge in [-0.15, -0.1) is 0 Å². The Balaban J connectivity index is 2.31. The van der Waals surface area contributed by atoms with E-state index in [9.17, 15) is 9.59 Å². The molecule has 0 spiro atoms. The molecule has 0 heterocycles. The Hall–Kier alpha value is -2.14. The normalized spacial score (nSPS) is 10.1. The van der Waals surface area contributed by atoms with E-state index in [-0.39, 0.29) is 11.1 Å². The highest BCUT2D eigenvalue weighted by Gasteiger charge is 2.16. The van der Waals surface area contributed by atoms with Crippen molar-refractivity contribution in [2.24, 2.45) is 0 Å². The summed E-state index contributed by atoms with van der Waals surface area (Å²) in [6.07, 6.45) is 0. The highest BCUT2D eigenvalue weighted by molar-refractivity contribution is 9.10. The largest absolute Gasteiger partial charge is 0.478 e. The number of benzene rings is 2. The number of carboxylic acid groups (broad SMARTS) is 1. The topological polar surface area (TPSA) is 66.4 Å². The van der Waals surface area contributed by atoms with Crippen molar-refractivity contribution in [1.29, 1.82) is 0 Å². The summed E-state index contributed by atoms with van der Waals surface area (Å²) in [6, 6.07) is 11.6. The molecule has 0 fully saturated rings. The standard InChI is InChI=1S/C15H12BrNO3/c1-9-8-10(16)6-7-13(9)17-14(18)11-4-2-3-5-12(11)15(19)20/h2-8H,1H3,(H,17,18)(H,19,20). The lowest BCUT2D eigenvalue weighted by molar-refractivity contribution is 0.0692. The number of aromatic carboxylic acids is 1. The average molecular weight is 334 g/mol. The van der Waals surface area contributed by atoms with Crippen LogP contribution in [0.3, 0.4) is 0 Å². The van der Waals surface area contributed by atoms with Gasteiger partial charge in [0.15, 0.2) is 0 Å². The van der Waals surface area contributed by atoms with E-state index in [4.69, 9.17) is 5.11 Å². The fraction of sp³-hybridized carbons (Fsp3) is 0.0667. The summed E-state index contributed by atoms with van der Waals surface area (Å²) in [7, 11) is 0. The Kier molecular flexibility index (Phi) is 4.20. The summed E-state index contributed by atoms with van der Waals surface area (Å²) in [4.78, 5) is 23.3. The van der Waals surface area contributed by atoms with Crippen LogP contribution in [-0.4, -0.2) is 17.0 Å². The lowest BCUT2D eigenvalue weighted by Gasteiger charge is -2.10. The molecular weight excluding hydrogens is 322 g/mol. The number of carbonyl (C=O) groups is 2. The van der Waals surface area contributed by atoms with Crippen molar-refractivity contribution in [3.8, 4) is 0 Å². The van der Waals surface area contributed by atoms with Crippen LogP contribution in [0.1, 0.15) is 26.3 Å². The molecule has 4 nitrogen and oxygen atoms in total. The van der Waals surface area contributed by atoms with Gasteiger partial charge in [-0.05, 0) is 42.8 Å². The monoisotopic (exact) mass is 333 g/mol. The highest BCUT2D eigenvalue weighted by atomic mass is 79.9. The molecule has 20 heavy (non-hydrogen) atoms. The number of halogens is 1. The Morgan fingerprint density at radius 1 is 1.10 bits per heavy atom. The van der Waals surface area contributed by atoms with Crippen LogP contribution in [0.15, 0.2) is 46.9 Å². The van der Waals surface area contributed by atoms with Crippen molar-refractivity contribution in [2.75, 3.05) is 5.32 Å². The molecule has 0 unspecified atom stereocenters. The minimum absolute atomic E-state index is 0.0141. The van der Waals surface area contributed by atoms with Crippen molar-refractivity contribution < 1.29 is 14.7 Å². The van der Waals surface area contributed by atoms with Crippen LogP contribution in [0.4, 0.5) is 5.69 Å². The maximum absolute atomic E-state index is 12.2. The zero-order valence-corrected chi connectivity index (χ0v) is 12.3. The molecule has 5 heteroatoms. The third-order valence-corrected chi connectivity index (χ3v) is 3.33. The van der Waals surface area contributed by atoms with Crippen LogP contribution < -0.4 is 5.32 Å². The fourth-order valence-electron chi connectivity index (χ4n) is 1.82. The zero-order valence-electron chi connectivity index (χ0n) is 10.7. The summed E-state index contributed by atoms with van der Waals surface area (Å²) in [6.45, 7) is 1.86. The van der Waals surface area contributed by atoms with Gasteiger partial charge in [0.2, 0.25) is 0 Å². The Morgan fingerprint density at radius 2 is 1.75 bits per heavy atom. The summed E-state index contributed by atoms with van der Waals surface area (Å²) in [5.41, 5.74) is 1.67. The van der Waals surface area contributed by atoms with E-state index in [1.807, 2.05) is 19.1 Å². The average Bonchev–Trinajstić information content (AvgIpc) is 2.41. The molecule has 0 radical (unpaired) electrons. The molecule has 2 aromatic rings. The van der Waals surface area contributed by atoms with E-state index in [1.54, 1.807) is 18.2 Å². The van der Waals surface area contributed by atoms with Crippen LogP contribution in [0.25, 0.3) is 0 Å². The van der Waals surface area contributed by atoms with Gasteiger partial charge < -0.3 is 10.4 Å². The van der Waals surface area contributed by atoms with Crippen molar-refractivity contribution in [1.82, 2.24) is 0 Å². The summed E-state index contributed by atoms with van der Waals surface area (Å²) >= 11 is 3.35. The Bertz CT molecular complexity index is 683. The molecular formula is C15H12BrNO3. The Labute approximate surface area is 124 Å². The molecule has 0 atom stereocenters. The number of carboxylic acids is 1. The van der Waals surface area contributed by atoms with Gasteiger partial charge in [0.25, 0.3) is 5.91 Å². The van der Waals surface area contributed by atoms with Gasteiger partial charge in [0, 0.05) is 10.2 Å². The van der Waals surface area contributed by atoms with Crippen molar-refractivity contribution in [2.45, 2.75) is 6.92 Å². The number of hydrogen-bond acceptors (Lipinski definition) is 2. The van der Waals surface area contributed by atoms with Crippen LogP contribution >= 0.6 is 15.9 Å². The van der Waals surface area contributed by atoms with Crippen molar-refractivity contribution in [3.05, 3.63) is 63.6 Å². The molecule has 0 bridgehead atoms. The van der Waals surface area contributed by atoms with E-state index in [0.717, 1.165) is 10.0 Å². The van der Waals surface area contributed by atoms with E-state index < -0.39 is 11.9 Å². The van der Waals surface area contributed by atoms with Crippen molar-refractivity contribution >= 4 is 33.5 Å². The summed E-state index contributed by atoms with van der Waals surface area (Å²) in [5.74, 6) is -1.56. The quantitative estimate of drug-likeness (QED) is 0.899. The first kappa shape index (κ1) is 14.3. The third-order valence-electron chi connectivity index (χ3n) is 2.84. The molecule has 0 aliphatic heterocycles. The van der Waals surface area contributed by atoms with Gasteiger partial charge in [-0.3, -0.25) is 4.79 Å². The van der Waals surface area contributed by atoms with Gasteiger partial charge >= 0.3 is 5.97 Å². The highest BCUT2D eigenvalue weighted by Crippen LogP contribution is 2.21. The Morgan fingerprint density at radius 3 is 2.35 bits per heavy atom. The SMILES string of the molecule is Cc1cc(Br)ccc1NC(=O)c1ccccc1C(=O)O. The number of carbonyl (C=O) groups excluding carboxylic acids is 1. The summed E-state index contributed by atoms with van der Waals surface area (Å²) in [5, 5.41) is 11.8. The number of hydrogen-bond donors (Lipinski definition) is 2. The molecule has 2 aromatic carbocycles. The minimum Gasteiger partial charge on any atom is -0.478 e. The van der Waals surface area contributed by atoms with Crippen LogP contribution in [0.2, 0.25) is 0 Å². The van der Waals surface area contributed by atoms with Crippen molar-refractivity contribution in [3.63, 3.8) is 0 Å². The van der Waals surface area contributed by atoms with E-state index in [0.29, 0.717) is 5.69 Å². The van der Waals surface area contributed by atoms with E-state index in [2.05, 4.69) is 21.2 Å². The molecule has 0 saturated heterocycles. The molecule has 1 amide bonds. The van der Waals surface area contributed by atoms with E-state index in [1.165, 1.54) is 12.1 Å². The molecule has 102 valence electrons. The molecule has 0 aromatic heterocycles. The molecule has 2 N–H and O–H groups in total. The molecule has 0 aliphatic rings. The lowest BCUT2D eigenvalue weighted by Crippen LogP contribution is -2.16. The van der Waals surface area contributed by atoms with Crippen LogP contribution in [0.5, 0.6) is 0 Å². The van der Waals surface area contributed by atoms with E-state index >= 15 is 0 Å². The number of rotatable bonds is 3. The molecule has 2 rings (SSSR count). The smallest absolute Gasteiger partial charge is 0.336 e. The second kappa shape index (κ2) is 5.88. The minimum atomic E-state index is -1.12. The third kappa shape index (κ3) is 3.05. The number of nitrogens with one attached hydrogen (secondary N) is 1. The number of amides is 1. The fourth-order valence-corrected chi connectivity index (χ4v) is 2.30. The lowest BCUT2D eigenvalue weighted by atomic mass is 10.1. The predicted molar refractivity (Wildman–Crippen MR) is 80.2 cm³/mol. The maximum atomic E-state index is 12.2. The number of anilines is 1. The van der Waals surface area contributed by atoms with Gasteiger partial charge in [-0.2, -0.15) is 0 Å². The van der Waals surface area contributed by atoms with Gasteiger partial charge in [-0.25, -0.2) is 4.79 Å². The predicted octanol–water partition coefficient (Wildman–Crippen LogP) is 3.71. The second-order valence-electron chi connectivity index (χ2n) is 4.26. The van der Waals surface area contributed by atoms with Crippen LogP contribution in [0, 0.1) is 6.92 Å².